The predicted octanol–water partition coefficient (Wildman–Crippen LogP) is 2.42. The molecule has 0 saturated carbocycles. The number of benzene rings is 1. The Morgan fingerprint density at radius 2 is 2.22 bits per heavy atom. The summed E-state index contributed by atoms with van der Waals surface area (Å²) in [5.74, 6) is 0.569. The van der Waals surface area contributed by atoms with Crippen molar-refractivity contribution in [2.75, 3.05) is 5.73 Å². The second-order valence-corrected chi connectivity index (χ2v) is 3.92. The predicted molar refractivity (Wildman–Crippen MR) is 68.9 cm³/mol. The van der Waals surface area contributed by atoms with E-state index in [1.165, 1.54) is 0 Å². The molecule has 1 aromatic carbocycles. The van der Waals surface area contributed by atoms with Gasteiger partial charge in [-0.15, -0.1) is 0 Å². The lowest BCUT2D eigenvalue weighted by Crippen LogP contribution is -2.02. The quantitative estimate of drug-likeness (QED) is 0.835. The van der Waals surface area contributed by atoms with Crippen LogP contribution >= 0.6 is 0 Å². The highest BCUT2D eigenvalue weighted by atomic mass is 16.5. The first-order valence-electron chi connectivity index (χ1n) is 5.53. The highest BCUT2D eigenvalue weighted by molar-refractivity contribution is 5.56. The molecule has 18 heavy (non-hydrogen) atoms. The van der Waals surface area contributed by atoms with Gasteiger partial charge in [-0.2, -0.15) is 5.26 Å². The monoisotopic (exact) mass is 239 g/mol. The van der Waals surface area contributed by atoms with E-state index in [0.717, 1.165) is 11.3 Å². The molecule has 0 spiro atoms. The number of hydrogen-bond donors (Lipinski definition) is 1. The van der Waals surface area contributed by atoms with Crippen LogP contribution in [0.15, 0.2) is 36.5 Å². The van der Waals surface area contributed by atoms with Gasteiger partial charge >= 0.3 is 0 Å². The Morgan fingerprint density at radius 1 is 1.39 bits per heavy atom. The lowest BCUT2D eigenvalue weighted by molar-refractivity contribution is 0.302. The number of nitrogens with two attached hydrogens (primary N) is 1. The van der Waals surface area contributed by atoms with Crippen molar-refractivity contribution < 1.29 is 4.74 Å². The van der Waals surface area contributed by atoms with E-state index in [9.17, 15) is 0 Å². The minimum Gasteiger partial charge on any atom is -0.485 e. The van der Waals surface area contributed by atoms with E-state index in [-0.39, 0.29) is 0 Å². The lowest BCUT2D eigenvalue weighted by Gasteiger charge is -2.09. The molecule has 0 aliphatic heterocycles. The summed E-state index contributed by atoms with van der Waals surface area (Å²) < 4.78 is 5.61. The Kier molecular flexibility index (Phi) is 3.44. The number of nitriles is 1. The molecule has 4 heteroatoms. The summed E-state index contributed by atoms with van der Waals surface area (Å²) in [4.78, 5) is 4.24. The molecule has 0 bridgehead atoms. The number of pyridine rings is 1. The molecule has 0 aliphatic rings. The van der Waals surface area contributed by atoms with Crippen molar-refractivity contribution >= 4 is 5.69 Å². The summed E-state index contributed by atoms with van der Waals surface area (Å²) in [5.41, 5.74) is 8.74. The van der Waals surface area contributed by atoms with Crippen LogP contribution in [0.25, 0.3) is 0 Å². The van der Waals surface area contributed by atoms with Crippen LogP contribution in [0.4, 0.5) is 5.69 Å². The van der Waals surface area contributed by atoms with Gasteiger partial charge in [0.1, 0.15) is 12.4 Å². The smallest absolute Gasteiger partial charge is 0.142 e. The minimum atomic E-state index is 0.364. The number of aromatic nitrogens is 1. The van der Waals surface area contributed by atoms with Crippen LogP contribution in [-0.2, 0) is 6.61 Å². The highest BCUT2D eigenvalue weighted by Gasteiger charge is 2.04. The molecule has 1 heterocycles. The summed E-state index contributed by atoms with van der Waals surface area (Å²) >= 11 is 0. The van der Waals surface area contributed by atoms with Crippen molar-refractivity contribution in [3.63, 3.8) is 0 Å². The van der Waals surface area contributed by atoms with Crippen molar-refractivity contribution in [2.24, 2.45) is 0 Å². The molecule has 0 unspecified atom stereocenters. The van der Waals surface area contributed by atoms with Crippen molar-refractivity contribution in [3.8, 4) is 11.8 Å². The molecule has 0 fully saturated rings. The van der Waals surface area contributed by atoms with Gasteiger partial charge in [-0.05, 0) is 36.8 Å². The summed E-state index contributed by atoms with van der Waals surface area (Å²) in [7, 11) is 0. The van der Waals surface area contributed by atoms with E-state index in [1.54, 1.807) is 24.4 Å². The van der Waals surface area contributed by atoms with Crippen molar-refractivity contribution in [1.29, 1.82) is 5.26 Å². The maximum Gasteiger partial charge on any atom is 0.142 e. The molecular formula is C14H13N3O. The maximum absolute atomic E-state index is 8.74. The summed E-state index contributed by atoms with van der Waals surface area (Å²) in [6, 6.07) is 10.9. The Bertz CT molecular complexity index is 602. The van der Waals surface area contributed by atoms with Gasteiger partial charge in [-0.3, -0.25) is 4.98 Å². The van der Waals surface area contributed by atoms with Gasteiger partial charge in [0.2, 0.25) is 0 Å². The Morgan fingerprint density at radius 3 is 2.89 bits per heavy atom. The van der Waals surface area contributed by atoms with Crippen LogP contribution in [-0.4, -0.2) is 4.98 Å². The van der Waals surface area contributed by atoms with Crippen LogP contribution in [0.2, 0.25) is 0 Å². The highest BCUT2D eigenvalue weighted by Crippen LogP contribution is 2.23. The third-order valence-corrected chi connectivity index (χ3v) is 2.62. The topological polar surface area (TPSA) is 71.9 Å². The average Bonchev–Trinajstić information content (AvgIpc) is 2.39. The van der Waals surface area contributed by atoms with Crippen LogP contribution in [0.1, 0.15) is 16.8 Å². The van der Waals surface area contributed by atoms with E-state index in [1.807, 2.05) is 25.1 Å². The molecule has 90 valence electrons. The SMILES string of the molecule is Cc1cccnc1COc1ccc(C#N)cc1N. The number of ether oxygens (including phenoxy) is 1. The number of anilines is 1. The molecular weight excluding hydrogens is 226 g/mol. The van der Waals surface area contributed by atoms with E-state index >= 15 is 0 Å². The lowest BCUT2D eigenvalue weighted by atomic mass is 10.2. The summed E-state index contributed by atoms with van der Waals surface area (Å²) in [6.45, 7) is 2.34. The fourth-order valence-electron chi connectivity index (χ4n) is 1.57. The first-order chi connectivity index (χ1) is 8.70. The van der Waals surface area contributed by atoms with Crippen LogP contribution < -0.4 is 10.5 Å². The first kappa shape index (κ1) is 11.9. The van der Waals surface area contributed by atoms with Crippen molar-refractivity contribution in [3.05, 3.63) is 53.3 Å². The number of nitrogen functional groups attached to an aromatic ring is 1. The molecule has 0 saturated heterocycles. The van der Waals surface area contributed by atoms with Gasteiger partial charge in [0.25, 0.3) is 0 Å². The maximum atomic E-state index is 8.74. The molecule has 0 amide bonds. The fourth-order valence-corrected chi connectivity index (χ4v) is 1.57. The molecule has 2 N–H and O–H groups in total. The molecule has 0 aliphatic carbocycles. The van der Waals surface area contributed by atoms with Crippen LogP contribution in [0.5, 0.6) is 5.75 Å². The Balaban J connectivity index is 2.12. The van der Waals surface area contributed by atoms with Gasteiger partial charge in [0.15, 0.2) is 0 Å². The molecule has 1 aromatic heterocycles. The van der Waals surface area contributed by atoms with Gasteiger partial charge in [0, 0.05) is 6.20 Å². The van der Waals surface area contributed by atoms with Gasteiger partial charge in [0.05, 0.1) is 23.0 Å². The average molecular weight is 239 g/mol. The number of rotatable bonds is 3. The third-order valence-electron chi connectivity index (χ3n) is 2.62. The summed E-state index contributed by atoms with van der Waals surface area (Å²) in [6.07, 6.45) is 1.73. The number of hydrogen-bond acceptors (Lipinski definition) is 4. The molecule has 4 nitrogen and oxygen atoms in total. The van der Waals surface area contributed by atoms with E-state index in [0.29, 0.717) is 23.6 Å². The molecule has 0 atom stereocenters. The van der Waals surface area contributed by atoms with E-state index in [2.05, 4.69) is 4.98 Å². The largest absolute Gasteiger partial charge is 0.485 e. The Hall–Kier alpha value is -2.54. The van der Waals surface area contributed by atoms with E-state index in [4.69, 9.17) is 15.7 Å². The van der Waals surface area contributed by atoms with Gasteiger partial charge in [-0.25, -0.2) is 0 Å². The van der Waals surface area contributed by atoms with Gasteiger partial charge in [-0.1, -0.05) is 6.07 Å². The van der Waals surface area contributed by atoms with Crippen molar-refractivity contribution in [1.82, 2.24) is 4.98 Å². The second kappa shape index (κ2) is 5.19. The zero-order valence-electron chi connectivity index (χ0n) is 10.1. The second-order valence-electron chi connectivity index (χ2n) is 3.92. The zero-order chi connectivity index (χ0) is 13.0. The normalized spacial score (nSPS) is 9.78. The zero-order valence-corrected chi connectivity index (χ0v) is 10.1. The number of aryl methyl sites for hydroxylation is 1. The molecule has 0 radical (unpaired) electrons. The fraction of sp³-hybridized carbons (Fsp3) is 0.143. The Labute approximate surface area is 106 Å². The van der Waals surface area contributed by atoms with Crippen molar-refractivity contribution in [2.45, 2.75) is 13.5 Å². The van der Waals surface area contributed by atoms with E-state index < -0.39 is 0 Å². The standard InChI is InChI=1S/C14H13N3O/c1-10-3-2-6-17-13(10)9-18-14-5-4-11(8-15)7-12(14)16/h2-7H,9,16H2,1H3. The molecule has 2 rings (SSSR count). The summed E-state index contributed by atoms with van der Waals surface area (Å²) in [5, 5.41) is 8.74. The first-order valence-corrected chi connectivity index (χ1v) is 5.53. The third kappa shape index (κ3) is 2.58. The molecule has 2 aromatic rings. The van der Waals surface area contributed by atoms with Crippen LogP contribution in [0.3, 0.4) is 0 Å². The minimum absolute atomic E-state index is 0.364. The number of nitrogens with zero attached hydrogens (tertiary/aromatic N) is 2. The van der Waals surface area contributed by atoms with Crippen LogP contribution in [0, 0.1) is 18.3 Å². The van der Waals surface area contributed by atoms with Gasteiger partial charge < -0.3 is 10.5 Å².